The molecule has 2 fully saturated rings. The third kappa shape index (κ3) is 6.24. The lowest BCUT2D eigenvalue weighted by atomic mass is 9.93. The van der Waals surface area contributed by atoms with E-state index in [2.05, 4.69) is 20.6 Å². The molecule has 2 aliphatic rings. The number of anilines is 2. The van der Waals surface area contributed by atoms with E-state index in [0.29, 0.717) is 58.6 Å². The first-order chi connectivity index (χ1) is 18.0. The van der Waals surface area contributed by atoms with Gasteiger partial charge in [0.05, 0.1) is 41.5 Å². The second kappa shape index (κ2) is 11.4. The third-order valence-corrected chi connectivity index (χ3v) is 8.39. The second-order valence-corrected chi connectivity index (χ2v) is 12.6. The molecule has 0 saturated heterocycles. The predicted octanol–water partition coefficient (Wildman–Crippen LogP) is 3.25. The Bertz CT molecular complexity index is 1440. The normalized spacial score (nSPS) is 23.3. The first-order valence-electron chi connectivity index (χ1n) is 13.0. The minimum absolute atomic E-state index is 0. The van der Waals surface area contributed by atoms with Crippen molar-refractivity contribution >= 4 is 45.0 Å². The highest BCUT2D eigenvalue weighted by atomic mass is 35.5. The Kier molecular flexibility index (Phi) is 8.60. The van der Waals surface area contributed by atoms with E-state index in [1.165, 1.54) is 0 Å². The summed E-state index contributed by atoms with van der Waals surface area (Å²) in [6, 6.07) is 3.40. The summed E-state index contributed by atoms with van der Waals surface area (Å²) in [4.78, 5) is 13.9. The Balaban J connectivity index is 0.00000353. The fraction of sp³-hybridized carbons (Fsp3) is 0.577. The standard InChI is InChI=1S/C26H35N5O6S.ClH/c1-5-36-20-11-15-10-19(37-24(15)14(3)27-20)21-13(2)28-26(29-17-7-6-8-17)31-25(21)30-18-9-16(12-38(4,34)35)22(32)23(18)33;/h10-11,16-18,22-23,32-33H,5-9,12H2,1-4H3,(H2,28,29,30,31);1H/t16-,18-,22-,23+;/m1./s1. The van der Waals surface area contributed by atoms with Crippen LogP contribution in [0.4, 0.5) is 11.8 Å². The molecule has 11 nitrogen and oxygen atoms in total. The molecule has 0 amide bonds. The number of furan rings is 1. The molecular formula is C26H36ClN5O6S. The van der Waals surface area contributed by atoms with Gasteiger partial charge in [0.15, 0.2) is 5.58 Å². The van der Waals surface area contributed by atoms with Gasteiger partial charge in [0.1, 0.15) is 27.5 Å². The molecule has 2 saturated carbocycles. The Morgan fingerprint density at radius 3 is 2.46 bits per heavy atom. The van der Waals surface area contributed by atoms with Gasteiger partial charge in [-0.3, -0.25) is 0 Å². The smallest absolute Gasteiger partial charge is 0.225 e. The molecule has 4 N–H and O–H groups in total. The maximum absolute atomic E-state index is 11.9. The number of aromatic nitrogens is 3. The summed E-state index contributed by atoms with van der Waals surface area (Å²) >= 11 is 0. The third-order valence-electron chi connectivity index (χ3n) is 7.35. The van der Waals surface area contributed by atoms with E-state index < -0.39 is 34.0 Å². The predicted molar refractivity (Wildman–Crippen MR) is 151 cm³/mol. The zero-order chi connectivity index (χ0) is 27.2. The summed E-state index contributed by atoms with van der Waals surface area (Å²) in [5.41, 5.74) is 2.59. The number of ether oxygens (including phenoxy) is 1. The van der Waals surface area contributed by atoms with Gasteiger partial charge in [-0.1, -0.05) is 0 Å². The van der Waals surface area contributed by atoms with Crippen LogP contribution in [0.25, 0.3) is 22.3 Å². The number of fused-ring (bicyclic) bond motifs is 1. The maximum atomic E-state index is 11.9. The zero-order valence-electron chi connectivity index (χ0n) is 22.5. The van der Waals surface area contributed by atoms with Crippen LogP contribution < -0.4 is 15.4 Å². The summed E-state index contributed by atoms with van der Waals surface area (Å²) in [6.45, 7) is 6.11. The maximum Gasteiger partial charge on any atom is 0.225 e. The lowest BCUT2D eigenvalue weighted by Gasteiger charge is -2.27. The van der Waals surface area contributed by atoms with Crippen LogP contribution in [-0.4, -0.2) is 76.5 Å². The quantitative estimate of drug-likeness (QED) is 0.294. The molecule has 214 valence electrons. The molecule has 4 atom stereocenters. The van der Waals surface area contributed by atoms with Crippen molar-refractivity contribution in [3.8, 4) is 17.2 Å². The highest BCUT2D eigenvalue weighted by Crippen LogP contribution is 2.38. The molecule has 0 aliphatic heterocycles. The number of sulfone groups is 1. The number of aryl methyl sites for hydroxylation is 2. The molecule has 3 heterocycles. The number of nitrogens with zero attached hydrogens (tertiary/aromatic N) is 3. The van der Waals surface area contributed by atoms with Crippen molar-refractivity contribution in [1.82, 2.24) is 15.0 Å². The van der Waals surface area contributed by atoms with Gasteiger partial charge in [0.25, 0.3) is 0 Å². The van der Waals surface area contributed by atoms with Gasteiger partial charge in [-0.2, -0.15) is 4.98 Å². The highest BCUT2D eigenvalue weighted by molar-refractivity contribution is 7.90. The minimum Gasteiger partial charge on any atom is -0.478 e. The first-order valence-corrected chi connectivity index (χ1v) is 15.1. The van der Waals surface area contributed by atoms with E-state index >= 15 is 0 Å². The summed E-state index contributed by atoms with van der Waals surface area (Å²) in [6.07, 6.45) is 2.32. The lowest BCUT2D eigenvalue weighted by molar-refractivity contribution is 0.0216. The number of nitrogens with one attached hydrogen (secondary N) is 2. The van der Waals surface area contributed by atoms with Crippen LogP contribution in [0.5, 0.6) is 5.88 Å². The average Bonchev–Trinajstić information content (AvgIpc) is 3.32. The Morgan fingerprint density at radius 1 is 1.08 bits per heavy atom. The molecule has 0 radical (unpaired) electrons. The van der Waals surface area contributed by atoms with Gasteiger partial charge < -0.3 is 30.0 Å². The van der Waals surface area contributed by atoms with Crippen molar-refractivity contribution in [3.05, 3.63) is 23.5 Å². The van der Waals surface area contributed by atoms with Crippen LogP contribution in [0.2, 0.25) is 0 Å². The average molecular weight is 582 g/mol. The number of halogens is 1. The van der Waals surface area contributed by atoms with Crippen LogP contribution in [0, 0.1) is 19.8 Å². The van der Waals surface area contributed by atoms with Crippen LogP contribution in [0.1, 0.15) is 44.0 Å². The highest BCUT2D eigenvalue weighted by Gasteiger charge is 2.43. The van der Waals surface area contributed by atoms with Crippen molar-refractivity contribution in [1.29, 1.82) is 0 Å². The molecule has 3 aromatic rings. The number of hydrogen-bond acceptors (Lipinski definition) is 11. The van der Waals surface area contributed by atoms with Crippen LogP contribution >= 0.6 is 12.4 Å². The number of rotatable bonds is 9. The molecule has 0 aromatic carbocycles. The van der Waals surface area contributed by atoms with E-state index in [-0.39, 0.29) is 24.6 Å². The molecule has 5 rings (SSSR count). The lowest BCUT2D eigenvalue weighted by Crippen LogP contribution is -2.36. The van der Waals surface area contributed by atoms with Crippen LogP contribution in [0.3, 0.4) is 0 Å². The van der Waals surface area contributed by atoms with Gasteiger partial charge in [0.2, 0.25) is 11.8 Å². The molecule has 0 bridgehead atoms. The number of aliphatic hydroxyl groups excluding tert-OH is 2. The topological polar surface area (TPSA) is 160 Å². The van der Waals surface area contributed by atoms with Crippen LogP contribution in [0.15, 0.2) is 16.5 Å². The second-order valence-electron chi connectivity index (χ2n) is 10.5. The number of hydrogen-bond donors (Lipinski definition) is 4. The van der Waals surface area contributed by atoms with E-state index in [9.17, 15) is 18.6 Å². The van der Waals surface area contributed by atoms with E-state index in [1.54, 1.807) is 0 Å². The van der Waals surface area contributed by atoms with Crippen molar-refractivity contribution in [2.45, 2.75) is 70.7 Å². The molecule has 0 spiro atoms. The zero-order valence-corrected chi connectivity index (χ0v) is 24.1. The van der Waals surface area contributed by atoms with Gasteiger partial charge in [0, 0.05) is 29.7 Å². The van der Waals surface area contributed by atoms with Gasteiger partial charge in [-0.25, -0.2) is 18.4 Å². The number of aliphatic hydroxyl groups is 2. The van der Waals surface area contributed by atoms with Crippen molar-refractivity contribution in [2.75, 3.05) is 29.2 Å². The summed E-state index contributed by atoms with van der Waals surface area (Å²) in [5, 5.41) is 28.9. The van der Waals surface area contributed by atoms with E-state index in [0.717, 1.165) is 30.9 Å². The van der Waals surface area contributed by atoms with Crippen molar-refractivity contribution in [3.63, 3.8) is 0 Å². The molecule has 13 heteroatoms. The van der Waals surface area contributed by atoms with E-state index in [4.69, 9.17) is 14.1 Å². The van der Waals surface area contributed by atoms with Crippen molar-refractivity contribution < 1.29 is 27.8 Å². The molecule has 39 heavy (non-hydrogen) atoms. The molecule has 3 aromatic heterocycles. The van der Waals surface area contributed by atoms with Crippen LogP contribution in [-0.2, 0) is 9.84 Å². The fourth-order valence-corrected chi connectivity index (χ4v) is 6.40. The summed E-state index contributed by atoms with van der Waals surface area (Å²) in [7, 11) is -3.33. The van der Waals surface area contributed by atoms with Gasteiger partial charge >= 0.3 is 0 Å². The molecular weight excluding hydrogens is 546 g/mol. The van der Waals surface area contributed by atoms with Crippen molar-refractivity contribution in [2.24, 2.45) is 5.92 Å². The summed E-state index contributed by atoms with van der Waals surface area (Å²) < 4.78 is 35.6. The Morgan fingerprint density at radius 2 is 1.82 bits per heavy atom. The first kappa shape index (κ1) is 29.3. The summed E-state index contributed by atoms with van der Waals surface area (Å²) in [5.74, 6) is 1.14. The minimum atomic E-state index is -3.33. The molecule has 2 aliphatic carbocycles. The Labute approximate surface area is 234 Å². The monoisotopic (exact) mass is 581 g/mol. The van der Waals surface area contributed by atoms with E-state index in [1.807, 2.05) is 32.9 Å². The SMILES string of the molecule is CCOc1cc2cc(-c3c(C)nc(NC4CCC4)nc3N[C@@H]3C[C@H](CS(C)(=O)=O)[C@@H](O)[C@H]3O)oc2c(C)n1.Cl. The number of pyridine rings is 1. The molecule has 0 unspecified atom stereocenters. The van der Waals surface area contributed by atoms with Gasteiger partial charge in [-0.05, 0) is 52.5 Å². The van der Waals surface area contributed by atoms with Gasteiger partial charge in [-0.15, -0.1) is 12.4 Å². The Hall–Kier alpha value is -2.67. The largest absolute Gasteiger partial charge is 0.478 e. The fourth-order valence-electron chi connectivity index (χ4n) is 5.29.